The maximum Gasteiger partial charge on any atom is 0.336 e. The summed E-state index contributed by atoms with van der Waals surface area (Å²) in [6, 6.07) is 16.0. The second-order valence-electron chi connectivity index (χ2n) is 9.53. The molecule has 182 valence electrons. The van der Waals surface area contributed by atoms with Gasteiger partial charge in [0.25, 0.3) is 0 Å². The van der Waals surface area contributed by atoms with Gasteiger partial charge in [0.05, 0.1) is 12.7 Å². The van der Waals surface area contributed by atoms with Crippen LogP contribution in [0.25, 0.3) is 21.7 Å². The lowest BCUT2D eigenvalue weighted by Crippen LogP contribution is -2.37. The number of hydrogen-bond acceptors (Lipinski definition) is 4. The zero-order valence-corrected chi connectivity index (χ0v) is 20.5. The molecule has 1 aliphatic heterocycles. The standard InChI is InChI=1S/C29H32N2O4/c1-18-14-27(35-3)25(23-10-12-30-28(18)23)16-31-13-11-19(17-34-2)15-26(31)22-8-9-24(29(32)33)21-7-5-4-6-20(21)22/h4-10,12,14,19,26,30H,11,13,15-17H2,1-3H3,(H,32,33)/t19?,26-/m0/s1. The first-order valence-corrected chi connectivity index (χ1v) is 12.1. The predicted octanol–water partition coefficient (Wildman–Crippen LogP) is 5.94. The van der Waals surface area contributed by atoms with Gasteiger partial charge in [-0.15, -0.1) is 0 Å². The number of carboxylic acids is 1. The Balaban J connectivity index is 1.61. The number of hydrogen-bond donors (Lipinski definition) is 2. The number of rotatable bonds is 7. The summed E-state index contributed by atoms with van der Waals surface area (Å²) in [4.78, 5) is 17.8. The molecule has 35 heavy (non-hydrogen) atoms. The maximum absolute atomic E-state index is 11.9. The first-order valence-electron chi connectivity index (χ1n) is 12.1. The molecule has 1 saturated heterocycles. The average molecular weight is 473 g/mol. The molecule has 3 aromatic carbocycles. The van der Waals surface area contributed by atoms with Gasteiger partial charge in [-0.05, 0) is 72.3 Å². The highest BCUT2D eigenvalue weighted by atomic mass is 16.5. The number of nitrogens with one attached hydrogen (secondary N) is 1. The Morgan fingerprint density at radius 3 is 2.66 bits per heavy atom. The van der Waals surface area contributed by atoms with Gasteiger partial charge in [-0.1, -0.05) is 30.3 Å². The molecule has 5 rings (SSSR count). The second-order valence-corrected chi connectivity index (χ2v) is 9.53. The molecule has 2 atom stereocenters. The largest absolute Gasteiger partial charge is 0.496 e. The summed E-state index contributed by atoms with van der Waals surface area (Å²) in [5.74, 6) is 0.453. The molecular weight excluding hydrogens is 440 g/mol. The topological polar surface area (TPSA) is 74.8 Å². The number of H-pyrrole nitrogens is 1. The summed E-state index contributed by atoms with van der Waals surface area (Å²) in [5, 5.41) is 12.7. The minimum atomic E-state index is -0.898. The lowest BCUT2D eigenvalue weighted by atomic mass is 9.84. The number of benzene rings is 3. The average Bonchev–Trinajstić information content (AvgIpc) is 3.36. The molecule has 0 bridgehead atoms. The van der Waals surface area contributed by atoms with E-state index in [-0.39, 0.29) is 6.04 Å². The van der Waals surface area contributed by atoms with Crippen LogP contribution >= 0.6 is 0 Å². The third-order valence-corrected chi connectivity index (χ3v) is 7.46. The van der Waals surface area contributed by atoms with Gasteiger partial charge in [0.1, 0.15) is 5.75 Å². The monoisotopic (exact) mass is 472 g/mol. The normalized spacial score (nSPS) is 18.8. The minimum Gasteiger partial charge on any atom is -0.496 e. The van der Waals surface area contributed by atoms with Crippen molar-refractivity contribution in [2.24, 2.45) is 5.92 Å². The fourth-order valence-electron chi connectivity index (χ4n) is 5.77. The summed E-state index contributed by atoms with van der Waals surface area (Å²) >= 11 is 0. The molecule has 2 heterocycles. The Labute approximate surface area is 205 Å². The third kappa shape index (κ3) is 4.28. The van der Waals surface area contributed by atoms with Gasteiger partial charge in [0, 0.05) is 49.0 Å². The van der Waals surface area contributed by atoms with E-state index in [1.807, 2.05) is 36.5 Å². The van der Waals surface area contributed by atoms with E-state index < -0.39 is 5.97 Å². The fourth-order valence-corrected chi connectivity index (χ4v) is 5.77. The summed E-state index contributed by atoms with van der Waals surface area (Å²) < 4.78 is 11.4. The Kier molecular flexibility index (Phi) is 6.50. The van der Waals surface area contributed by atoms with E-state index in [2.05, 4.69) is 28.9 Å². The van der Waals surface area contributed by atoms with Gasteiger partial charge in [-0.25, -0.2) is 4.79 Å². The second kappa shape index (κ2) is 9.72. The van der Waals surface area contributed by atoms with E-state index in [0.717, 1.165) is 60.1 Å². The van der Waals surface area contributed by atoms with Crippen LogP contribution in [0.5, 0.6) is 5.75 Å². The number of ether oxygens (including phenoxy) is 2. The van der Waals surface area contributed by atoms with Gasteiger partial charge in [0.2, 0.25) is 0 Å². The number of aryl methyl sites for hydroxylation is 1. The van der Waals surface area contributed by atoms with Crippen molar-refractivity contribution >= 4 is 27.6 Å². The quantitative estimate of drug-likeness (QED) is 0.348. The molecule has 4 aromatic rings. The number of fused-ring (bicyclic) bond motifs is 2. The third-order valence-electron chi connectivity index (χ3n) is 7.46. The van der Waals surface area contributed by atoms with Crippen LogP contribution in [0.1, 0.15) is 45.9 Å². The van der Waals surface area contributed by atoms with Crippen molar-refractivity contribution in [1.29, 1.82) is 0 Å². The molecule has 6 nitrogen and oxygen atoms in total. The van der Waals surface area contributed by atoms with Gasteiger partial charge in [0.15, 0.2) is 0 Å². The Morgan fingerprint density at radius 2 is 1.91 bits per heavy atom. The molecule has 0 saturated carbocycles. The Bertz CT molecular complexity index is 1380. The number of nitrogens with zero attached hydrogens (tertiary/aromatic N) is 1. The molecule has 0 radical (unpaired) electrons. The summed E-state index contributed by atoms with van der Waals surface area (Å²) in [6.45, 7) is 4.50. The smallest absolute Gasteiger partial charge is 0.336 e. The van der Waals surface area contributed by atoms with E-state index in [4.69, 9.17) is 9.47 Å². The zero-order valence-electron chi connectivity index (χ0n) is 20.5. The number of carboxylic acid groups (broad SMARTS) is 1. The maximum atomic E-state index is 11.9. The lowest BCUT2D eigenvalue weighted by molar-refractivity contribution is 0.0585. The van der Waals surface area contributed by atoms with E-state index in [1.54, 1.807) is 20.3 Å². The van der Waals surface area contributed by atoms with Crippen molar-refractivity contribution in [2.75, 3.05) is 27.4 Å². The van der Waals surface area contributed by atoms with Crippen LogP contribution < -0.4 is 4.74 Å². The van der Waals surface area contributed by atoms with E-state index in [9.17, 15) is 9.90 Å². The minimum absolute atomic E-state index is 0.136. The highest BCUT2D eigenvalue weighted by Crippen LogP contribution is 2.41. The molecule has 6 heteroatoms. The van der Waals surface area contributed by atoms with Crippen LogP contribution in [0, 0.1) is 12.8 Å². The molecule has 0 aliphatic carbocycles. The lowest BCUT2D eigenvalue weighted by Gasteiger charge is -2.40. The number of aromatic amines is 1. The summed E-state index contributed by atoms with van der Waals surface area (Å²) in [6.07, 6.45) is 4.00. The number of carbonyl (C=O) groups is 1. The van der Waals surface area contributed by atoms with Gasteiger partial charge in [-0.3, -0.25) is 4.90 Å². The van der Waals surface area contributed by atoms with Crippen molar-refractivity contribution in [3.63, 3.8) is 0 Å². The molecule has 1 aliphatic rings. The van der Waals surface area contributed by atoms with E-state index in [1.165, 1.54) is 16.5 Å². The summed E-state index contributed by atoms with van der Waals surface area (Å²) in [7, 11) is 3.50. The van der Waals surface area contributed by atoms with Crippen molar-refractivity contribution in [3.8, 4) is 5.75 Å². The van der Waals surface area contributed by atoms with Crippen LogP contribution in [0.3, 0.4) is 0 Å². The van der Waals surface area contributed by atoms with Gasteiger partial charge >= 0.3 is 5.97 Å². The first-order chi connectivity index (χ1) is 17.0. The molecule has 0 amide bonds. The highest BCUT2D eigenvalue weighted by molar-refractivity contribution is 6.04. The number of aromatic nitrogens is 1. The van der Waals surface area contributed by atoms with E-state index in [0.29, 0.717) is 11.5 Å². The molecule has 2 N–H and O–H groups in total. The van der Waals surface area contributed by atoms with Crippen LogP contribution in [0.15, 0.2) is 54.7 Å². The van der Waals surface area contributed by atoms with Crippen LogP contribution in [-0.4, -0.2) is 48.3 Å². The highest BCUT2D eigenvalue weighted by Gasteiger charge is 2.32. The number of likely N-dealkylation sites (tertiary alicyclic amines) is 1. The SMILES string of the molecule is COCC1CCN(Cc2c(OC)cc(C)c3[nH]ccc23)[C@H](c2ccc(C(=O)O)c3ccccc23)C1. The Hall–Kier alpha value is -3.35. The molecule has 1 aromatic heterocycles. The van der Waals surface area contributed by atoms with Gasteiger partial charge < -0.3 is 19.6 Å². The number of piperidine rings is 1. The van der Waals surface area contributed by atoms with Crippen molar-refractivity contribution < 1.29 is 19.4 Å². The van der Waals surface area contributed by atoms with Crippen molar-refractivity contribution in [2.45, 2.75) is 32.4 Å². The predicted molar refractivity (Wildman–Crippen MR) is 138 cm³/mol. The summed E-state index contributed by atoms with van der Waals surface area (Å²) in [5.41, 5.74) is 4.99. The van der Waals surface area contributed by atoms with Crippen molar-refractivity contribution in [3.05, 3.63) is 77.0 Å². The molecule has 0 spiro atoms. The molecule has 1 fully saturated rings. The number of methoxy groups -OCH3 is 2. The fraction of sp³-hybridized carbons (Fsp3) is 0.345. The number of aromatic carboxylic acids is 1. The van der Waals surface area contributed by atoms with Gasteiger partial charge in [-0.2, -0.15) is 0 Å². The van der Waals surface area contributed by atoms with E-state index >= 15 is 0 Å². The molecule has 1 unspecified atom stereocenters. The molecular formula is C29H32N2O4. The Morgan fingerprint density at radius 1 is 1.11 bits per heavy atom. The van der Waals surface area contributed by atoms with Crippen molar-refractivity contribution in [1.82, 2.24) is 9.88 Å². The zero-order chi connectivity index (χ0) is 24.5. The van der Waals surface area contributed by atoms with Crippen LogP contribution in [-0.2, 0) is 11.3 Å². The van der Waals surface area contributed by atoms with Crippen LogP contribution in [0.4, 0.5) is 0 Å². The van der Waals surface area contributed by atoms with Crippen LogP contribution in [0.2, 0.25) is 0 Å². The first kappa shape index (κ1) is 23.4.